The maximum atomic E-state index is 13.2. The number of hydrogen-bond acceptors (Lipinski definition) is 5. The van der Waals surface area contributed by atoms with Crippen molar-refractivity contribution in [2.24, 2.45) is 0 Å². The first kappa shape index (κ1) is 21.3. The monoisotopic (exact) mass is 494 g/mol. The Hall–Kier alpha value is -2.42. The number of ether oxygens (including phenoxy) is 2. The smallest absolute Gasteiger partial charge is 0.270 e. The summed E-state index contributed by atoms with van der Waals surface area (Å²) < 4.78 is 11.2. The molecule has 0 atom stereocenters. The molecular formula is C20H16BrClN2O4S. The molecular weight excluding hydrogens is 480 g/mol. The second-order valence-electron chi connectivity index (χ2n) is 6.07. The zero-order valence-electron chi connectivity index (χ0n) is 15.7. The summed E-state index contributed by atoms with van der Waals surface area (Å²) in [6, 6.07) is 8.50. The van der Waals surface area contributed by atoms with E-state index in [1.54, 1.807) is 37.3 Å². The van der Waals surface area contributed by atoms with Gasteiger partial charge in [-0.05, 0) is 60.6 Å². The van der Waals surface area contributed by atoms with Crippen LogP contribution in [0.15, 0.2) is 40.4 Å². The minimum atomic E-state index is -0.586. The molecule has 1 saturated heterocycles. The lowest BCUT2D eigenvalue weighted by molar-refractivity contribution is -0.122. The van der Waals surface area contributed by atoms with Crippen LogP contribution in [0.2, 0.25) is 5.02 Å². The molecule has 0 aromatic heterocycles. The highest BCUT2D eigenvalue weighted by atomic mass is 79.9. The lowest BCUT2D eigenvalue weighted by atomic mass is 10.1. The molecule has 0 saturated carbocycles. The number of rotatable bonds is 4. The predicted octanol–water partition coefficient (Wildman–Crippen LogP) is 4.26. The Kier molecular flexibility index (Phi) is 6.26. The van der Waals surface area contributed by atoms with Gasteiger partial charge in [-0.2, -0.15) is 0 Å². The average Bonchev–Trinajstić information content (AvgIpc) is 2.68. The molecule has 2 aromatic rings. The van der Waals surface area contributed by atoms with Crippen LogP contribution in [0.1, 0.15) is 11.1 Å². The number of thiocarbonyl (C=S) groups is 1. The van der Waals surface area contributed by atoms with E-state index >= 15 is 0 Å². The summed E-state index contributed by atoms with van der Waals surface area (Å²) in [6.45, 7) is 1.78. The zero-order chi connectivity index (χ0) is 21.3. The van der Waals surface area contributed by atoms with Crippen molar-refractivity contribution in [1.29, 1.82) is 0 Å². The molecule has 150 valence electrons. The third-order valence-electron chi connectivity index (χ3n) is 4.38. The molecule has 0 radical (unpaired) electrons. The number of amides is 2. The van der Waals surface area contributed by atoms with E-state index < -0.39 is 11.8 Å². The molecule has 6 nitrogen and oxygen atoms in total. The van der Waals surface area contributed by atoms with E-state index in [0.29, 0.717) is 37.8 Å². The van der Waals surface area contributed by atoms with E-state index in [0.717, 1.165) is 0 Å². The number of benzene rings is 2. The highest BCUT2D eigenvalue weighted by Gasteiger charge is 2.35. The van der Waals surface area contributed by atoms with Gasteiger partial charge in [-0.1, -0.05) is 33.6 Å². The third-order valence-corrected chi connectivity index (χ3v) is 5.77. The standard InChI is InChI=1S/C20H16BrClN2O4S/c1-10-14(22)5-4-6-15(10)24-19(26)12(18(25)23-20(24)29)7-11-8-16(27-2)17(28-3)9-13(11)21/h4-9H,1-3H3,(H,23,25,29). The highest BCUT2D eigenvalue weighted by molar-refractivity contribution is 9.10. The van der Waals surface area contributed by atoms with Gasteiger partial charge in [0, 0.05) is 9.50 Å². The lowest BCUT2D eigenvalue weighted by Crippen LogP contribution is -2.54. The van der Waals surface area contributed by atoms with Crippen molar-refractivity contribution in [2.45, 2.75) is 6.92 Å². The summed E-state index contributed by atoms with van der Waals surface area (Å²) in [5.41, 5.74) is 1.67. The first-order valence-electron chi connectivity index (χ1n) is 8.36. The Bertz CT molecular complexity index is 1070. The molecule has 3 rings (SSSR count). The molecule has 1 fully saturated rings. The highest BCUT2D eigenvalue weighted by Crippen LogP contribution is 2.35. The van der Waals surface area contributed by atoms with Crippen molar-refractivity contribution < 1.29 is 19.1 Å². The van der Waals surface area contributed by atoms with Gasteiger partial charge in [-0.25, -0.2) is 0 Å². The minimum Gasteiger partial charge on any atom is -0.493 e. The van der Waals surface area contributed by atoms with E-state index in [1.165, 1.54) is 25.2 Å². The normalized spacial score (nSPS) is 15.6. The Labute approximate surface area is 186 Å². The summed E-state index contributed by atoms with van der Waals surface area (Å²) in [4.78, 5) is 27.0. The summed E-state index contributed by atoms with van der Waals surface area (Å²) >= 11 is 14.9. The van der Waals surface area contributed by atoms with Gasteiger partial charge in [0.1, 0.15) is 5.57 Å². The second-order valence-corrected chi connectivity index (χ2v) is 7.72. The fourth-order valence-corrected chi connectivity index (χ4v) is 3.73. The van der Waals surface area contributed by atoms with Crippen LogP contribution in [0.3, 0.4) is 0 Å². The molecule has 1 heterocycles. The molecule has 2 amide bonds. The summed E-state index contributed by atoms with van der Waals surface area (Å²) in [5, 5.41) is 3.04. The van der Waals surface area contributed by atoms with Crippen LogP contribution in [0.5, 0.6) is 11.5 Å². The molecule has 0 bridgehead atoms. The van der Waals surface area contributed by atoms with Crippen LogP contribution in [-0.4, -0.2) is 31.1 Å². The topological polar surface area (TPSA) is 67.9 Å². The maximum absolute atomic E-state index is 13.2. The molecule has 0 spiro atoms. The molecule has 9 heteroatoms. The number of halogens is 2. The zero-order valence-corrected chi connectivity index (χ0v) is 18.9. The SMILES string of the molecule is COc1cc(Br)c(C=C2C(=O)NC(=S)N(c3cccc(Cl)c3C)C2=O)cc1OC. The molecule has 0 unspecified atom stereocenters. The number of methoxy groups -OCH3 is 2. The van der Waals surface area contributed by atoms with E-state index in [1.807, 2.05) is 0 Å². The molecule has 1 aliphatic rings. The molecule has 29 heavy (non-hydrogen) atoms. The van der Waals surface area contributed by atoms with Gasteiger partial charge in [0.05, 0.1) is 19.9 Å². The first-order chi connectivity index (χ1) is 13.8. The van der Waals surface area contributed by atoms with Crippen LogP contribution in [0, 0.1) is 6.92 Å². The Morgan fingerprint density at radius 2 is 1.83 bits per heavy atom. The number of carbonyl (C=O) groups is 2. The fraction of sp³-hybridized carbons (Fsp3) is 0.150. The third kappa shape index (κ3) is 4.01. The first-order valence-corrected chi connectivity index (χ1v) is 9.94. The van der Waals surface area contributed by atoms with Gasteiger partial charge in [0.25, 0.3) is 11.8 Å². The fourth-order valence-electron chi connectivity index (χ4n) is 2.85. The molecule has 2 aromatic carbocycles. The largest absolute Gasteiger partial charge is 0.493 e. The number of nitrogens with one attached hydrogen (secondary N) is 1. The quantitative estimate of drug-likeness (QED) is 0.390. The average molecular weight is 496 g/mol. The van der Waals surface area contributed by atoms with Crippen LogP contribution >= 0.6 is 39.7 Å². The Morgan fingerprint density at radius 1 is 1.17 bits per heavy atom. The van der Waals surface area contributed by atoms with Crippen molar-refractivity contribution >= 4 is 68.4 Å². The van der Waals surface area contributed by atoms with Crippen molar-refractivity contribution in [3.8, 4) is 11.5 Å². The number of carbonyl (C=O) groups excluding carboxylic acids is 2. The van der Waals surface area contributed by atoms with E-state index in [2.05, 4.69) is 21.2 Å². The molecule has 1 N–H and O–H groups in total. The van der Waals surface area contributed by atoms with Crippen molar-refractivity contribution in [2.75, 3.05) is 19.1 Å². The number of hydrogen-bond donors (Lipinski definition) is 1. The molecule has 0 aliphatic carbocycles. The lowest BCUT2D eigenvalue weighted by Gasteiger charge is -2.30. The van der Waals surface area contributed by atoms with Crippen LogP contribution < -0.4 is 19.7 Å². The van der Waals surface area contributed by atoms with Gasteiger partial charge < -0.3 is 9.47 Å². The maximum Gasteiger partial charge on any atom is 0.270 e. The Morgan fingerprint density at radius 3 is 2.48 bits per heavy atom. The van der Waals surface area contributed by atoms with E-state index in [-0.39, 0.29) is 10.7 Å². The van der Waals surface area contributed by atoms with Gasteiger partial charge in [0.2, 0.25) is 0 Å². The van der Waals surface area contributed by atoms with Gasteiger partial charge in [-0.3, -0.25) is 19.8 Å². The van der Waals surface area contributed by atoms with E-state index in [9.17, 15) is 9.59 Å². The van der Waals surface area contributed by atoms with Crippen LogP contribution in [-0.2, 0) is 9.59 Å². The summed E-state index contributed by atoms with van der Waals surface area (Å²) in [7, 11) is 3.02. The van der Waals surface area contributed by atoms with Crippen LogP contribution in [0.4, 0.5) is 5.69 Å². The summed E-state index contributed by atoms with van der Waals surface area (Å²) in [6.07, 6.45) is 1.47. The van der Waals surface area contributed by atoms with Crippen molar-refractivity contribution in [1.82, 2.24) is 5.32 Å². The second kappa shape index (κ2) is 8.52. The minimum absolute atomic E-state index is 0.00565. The van der Waals surface area contributed by atoms with Gasteiger partial charge in [-0.15, -0.1) is 0 Å². The van der Waals surface area contributed by atoms with Crippen molar-refractivity contribution in [3.05, 3.63) is 56.5 Å². The number of anilines is 1. The van der Waals surface area contributed by atoms with Gasteiger partial charge >= 0.3 is 0 Å². The Balaban J connectivity index is 2.10. The number of nitrogens with zero attached hydrogens (tertiary/aromatic N) is 1. The van der Waals surface area contributed by atoms with E-state index in [4.69, 9.17) is 33.3 Å². The van der Waals surface area contributed by atoms with Gasteiger partial charge in [0.15, 0.2) is 16.6 Å². The van der Waals surface area contributed by atoms with Crippen LogP contribution in [0.25, 0.3) is 6.08 Å². The summed E-state index contributed by atoms with van der Waals surface area (Å²) in [5.74, 6) is -0.161. The van der Waals surface area contributed by atoms with Crippen molar-refractivity contribution in [3.63, 3.8) is 0 Å². The molecule has 1 aliphatic heterocycles. The predicted molar refractivity (Wildman–Crippen MR) is 120 cm³/mol.